The Morgan fingerprint density at radius 1 is 1.10 bits per heavy atom. The molecule has 2 aromatic rings. The lowest BCUT2D eigenvalue weighted by molar-refractivity contribution is -0.114. The Morgan fingerprint density at radius 3 is 2.38 bits per heavy atom. The molecule has 0 atom stereocenters. The lowest BCUT2D eigenvalue weighted by Crippen LogP contribution is -2.21. The van der Waals surface area contributed by atoms with E-state index < -0.39 is 0 Å². The van der Waals surface area contributed by atoms with Crippen molar-refractivity contribution in [2.24, 2.45) is 0 Å². The van der Waals surface area contributed by atoms with Crippen molar-refractivity contribution in [3.8, 4) is 0 Å². The smallest absolute Gasteiger partial charge is 0.243 e. The predicted molar refractivity (Wildman–Crippen MR) is 89.1 cm³/mol. The van der Waals surface area contributed by atoms with Gasteiger partial charge >= 0.3 is 0 Å². The van der Waals surface area contributed by atoms with Crippen molar-refractivity contribution >= 4 is 28.9 Å². The van der Waals surface area contributed by atoms with Gasteiger partial charge in [0.2, 0.25) is 5.91 Å². The van der Waals surface area contributed by atoms with Gasteiger partial charge in [0, 0.05) is 16.4 Å². The summed E-state index contributed by atoms with van der Waals surface area (Å²) in [6.45, 7) is 4.26. The van der Waals surface area contributed by atoms with Crippen molar-refractivity contribution in [3.63, 3.8) is 0 Å². The molecule has 0 saturated heterocycles. The van der Waals surface area contributed by atoms with E-state index in [1.165, 1.54) is 5.56 Å². The fourth-order valence-corrected chi connectivity index (χ4v) is 2.10. The topological polar surface area (TPSA) is 41.1 Å². The molecule has 2 rings (SSSR count). The van der Waals surface area contributed by atoms with Gasteiger partial charge in [0.1, 0.15) is 0 Å². The summed E-state index contributed by atoms with van der Waals surface area (Å²) in [5.41, 5.74) is 3.91. The van der Waals surface area contributed by atoms with Gasteiger partial charge in [-0.05, 0) is 48.7 Å². The highest BCUT2D eigenvalue weighted by molar-refractivity contribution is 6.31. The average molecular weight is 303 g/mol. The predicted octanol–water partition coefficient (Wildman–Crippen LogP) is 4.26. The average Bonchev–Trinajstić information content (AvgIpc) is 2.49. The first-order valence-electron chi connectivity index (χ1n) is 6.97. The minimum atomic E-state index is -0.102. The van der Waals surface area contributed by atoms with Gasteiger partial charge in [-0.3, -0.25) is 4.79 Å². The number of aryl methyl sites for hydroxylation is 2. The summed E-state index contributed by atoms with van der Waals surface area (Å²) in [5.74, 6) is -0.102. The van der Waals surface area contributed by atoms with Crippen LogP contribution in [0.15, 0.2) is 42.5 Å². The third kappa shape index (κ3) is 4.50. The number of carbonyl (C=O) groups is 1. The standard InChI is InChI=1S/C17H19ClN2O/c1-3-13-5-8-14(9-6-13)19-11-17(21)20-15-7-4-12(2)16(18)10-15/h4-10,19H,3,11H2,1-2H3,(H,20,21). The third-order valence-electron chi connectivity index (χ3n) is 3.27. The van der Waals surface area contributed by atoms with Gasteiger partial charge in [0.05, 0.1) is 6.54 Å². The first kappa shape index (κ1) is 15.4. The van der Waals surface area contributed by atoms with Gasteiger partial charge in [-0.25, -0.2) is 0 Å². The normalized spacial score (nSPS) is 10.2. The second-order valence-corrected chi connectivity index (χ2v) is 5.32. The fourth-order valence-electron chi connectivity index (χ4n) is 1.92. The van der Waals surface area contributed by atoms with Crippen LogP contribution in [0.4, 0.5) is 11.4 Å². The van der Waals surface area contributed by atoms with Crippen LogP contribution in [-0.2, 0) is 11.2 Å². The van der Waals surface area contributed by atoms with E-state index in [1.807, 2.05) is 31.2 Å². The van der Waals surface area contributed by atoms with Gasteiger partial charge < -0.3 is 10.6 Å². The summed E-state index contributed by atoms with van der Waals surface area (Å²) >= 11 is 6.03. The van der Waals surface area contributed by atoms with E-state index in [0.29, 0.717) is 10.7 Å². The molecule has 3 nitrogen and oxygen atoms in total. The van der Waals surface area contributed by atoms with E-state index >= 15 is 0 Å². The molecule has 0 aliphatic carbocycles. The van der Waals surface area contributed by atoms with Gasteiger partial charge in [0.25, 0.3) is 0 Å². The van der Waals surface area contributed by atoms with Crippen LogP contribution < -0.4 is 10.6 Å². The number of benzene rings is 2. The molecular weight excluding hydrogens is 284 g/mol. The minimum absolute atomic E-state index is 0.102. The summed E-state index contributed by atoms with van der Waals surface area (Å²) < 4.78 is 0. The molecule has 0 saturated carbocycles. The Balaban J connectivity index is 1.87. The molecule has 0 aromatic heterocycles. The van der Waals surface area contributed by atoms with E-state index in [-0.39, 0.29) is 12.5 Å². The second kappa shape index (κ2) is 7.14. The molecule has 2 N–H and O–H groups in total. The van der Waals surface area contributed by atoms with E-state index in [0.717, 1.165) is 17.7 Å². The number of nitrogens with one attached hydrogen (secondary N) is 2. The van der Waals surface area contributed by atoms with Gasteiger partial charge in [-0.2, -0.15) is 0 Å². The van der Waals surface area contributed by atoms with Crippen molar-refractivity contribution < 1.29 is 4.79 Å². The van der Waals surface area contributed by atoms with Crippen molar-refractivity contribution in [3.05, 3.63) is 58.6 Å². The molecule has 0 radical (unpaired) electrons. The maximum absolute atomic E-state index is 11.9. The first-order chi connectivity index (χ1) is 10.1. The fraction of sp³-hybridized carbons (Fsp3) is 0.235. The summed E-state index contributed by atoms with van der Waals surface area (Å²) in [5, 5.41) is 6.56. The van der Waals surface area contributed by atoms with Crippen molar-refractivity contribution in [2.45, 2.75) is 20.3 Å². The second-order valence-electron chi connectivity index (χ2n) is 4.92. The van der Waals surface area contributed by atoms with Crippen LogP contribution in [-0.4, -0.2) is 12.5 Å². The first-order valence-corrected chi connectivity index (χ1v) is 7.35. The maximum atomic E-state index is 11.9. The number of hydrogen-bond acceptors (Lipinski definition) is 2. The Hall–Kier alpha value is -2.00. The highest BCUT2D eigenvalue weighted by Gasteiger charge is 2.04. The molecular formula is C17H19ClN2O. The van der Waals surface area contributed by atoms with Crippen LogP contribution in [0.1, 0.15) is 18.1 Å². The van der Waals surface area contributed by atoms with Crippen LogP contribution in [0, 0.1) is 6.92 Å². The van der Waals surface area contributed by atoms with Crippen LogP contribution in [0.5, 0.6) is 0 Å². The molecule has 0 fully saturated rings. The van der Waals surface area contributed by atoms with E-state index in [1.54, 1.807) is 6.07 Å². The molecule has 110 valence electrons. The molecule has 21 heavy (non-hydrogen) atoms. The molecule has 0 aliphatic heterocycles. The van der Waals surface area contributed by atoms with Crippen LogP contribution >= 0.6 is 11.6 Å². The SMILES string of the molecule is CCc1ccc(NCC(=O)Nc2ccc(C)c(Cl)c2)cc1. The number of amides is 1. The van der Waals surface area contributed by atoms with E-state index in [4.69, 9.17) is 11.6 Å². The number of carbonyl (C=O) groups excluding carboxylic acids is 1. The zero-order valence-corrected chi connectivity index (χ0v) is 13.0. The number of rotatable bonds is 5. The summed E-state index contributed by atoms with van der Waals surface area (Å²) in [7, 11) is 0. The van der Waals surface area contributed by atoms with Gasteiger partial charge in [0.15, 0.2) is 0 Å². The Morgan fingerprint density at radius 2 is 1.76 bits per heavy atom. The maximum Gasteiger partial charge on any atom is 0.243 e. The molecule has 0 heterocycles. The molecule has 2 aromatic carbocycles. The van der Waals surface area contributed by atoms with Crippen molar-refractivity contribution in [2.75, 3.05) is 17.2 Å². The lowest BCUT2D eigenvalue weighted by Gasteiger charge is -2.09. The third-order valence-corrected chi connectivity index (χ3v) is 3.68. The van der Waals surface area contributed by atoms with Gasteiger partial charge in [-0.1, -0.05) is 36.7 Å². The summed E-state index contributed by atoms with van der Waals surface area (Å²) in [6.07, 6.45) is 1.01. The minimum Gasteiger partial charge on any atom is -0.376 e. The quantitative estimate of drug-likeness (QED) is 0.866. The molecule has 0 bridgehead atoms. The van der Waals surface area contributed by atoms with Crippen molar-refractivity contribution in [1.82, 2.24) is 0 Å². The largest absolute Gasteiger partial charge is 0.376 e. The lowest BCUT2D eigenvalue weighted by atomic mass is 10.1. The monoisotopic (exact) mass is 302 g/mol. The van der Waals surface area contributed by atoms with Crippen LogP contribution in [0.3, 0.4) is 0 Å². The number of anilines is 2. The van der Waals surface area contributed by atoms with E-state index in [9.17, 15) is 4.79 Å². The Labute approximate surface area is 130 Å². The summed E-state index contributed by atoms with van der Waals surface area (Å²) in [6, 6.07) is 13.6. The Kier molecular flexibility index (Phi) is 5.23. The number of hydrogen-bond donors (Lipinski definition) is 2. The molecule has 0 spiro atoms. The van der Waals surface area contributed by atoms with Crippen LogP contribution in [0.2, 0.25) is 5.02 Å². The van der Waals surface area contributed by atoms with Crippen LogP contribution in [0.25, 0.3) is 0 Å². The van der Waals surface area contributed by atoms with Crippen molar-refractivity contribution in [1.29, 1.82) is 0 Å². The zero-order chi connectivity index (χ0) is 15.2. The molecule has 4 heteroatoms. The zero-order valence-electron chi connectivity index (χ0n) is 12.2. The molecule has 1 amide bonds. The van der Waals surface area contributed by atoms with E-state index in [2.05, 4.69) is 29.7 Å². The highest BCUT2D eigenvalue weighted by Crippen LogP contribution is 2.19. The number of halogens is 1. The molecule has 0 aliphatic rings. The summed E-state index contributed by atoms with van der Waals surface area (Å²) in [4.78, 5) is 11.9. The molecule has 0 unspecified atom stereocenters. The van der Waals surface area contributed by atoms with Gasteiger partial charge in [-0.15, -0.1) is 0 Å². The Bertz CT molecular complexity index is 623. The highest BCUT2D eigenvalue weighted by atomic mass is 35.5.